The standard InChI is InChI=1S/C12H16ClNS2/c1-2-16-12-4-3-9(13)7-11(12)14-10-5-6-15-8-10/h3-4,7,10,14H,2,5-6,8H2,1H3. The zero-order valence-corrected chi connectivity index (χ0v) is 11.7. The minimum Gasteiger partial charge on any atom is -0.381 e. The molecule has 1 saturated heterocycles. The van der Waals surface area contributed by atoms with Gasteiger partial charge in [0.1, 0.15) is 0 Å². The number of hydrogen-bond acceptors (Lipinski definition) is 3. The third kappa shape index (κ3) is 3.25. The summed E-state index contributed by atoms with van der Waals surface area (Å²) in [6.45, 7) is 2.18. The number of halogens is 1. The van der Waals surface area contributed by atoms with Crippen LogP contribution in [0.3, 0.4) is 0 Å². The average molecular weight is 274 g/mol. The molecule has 0 amide bonds. The first-order valence-electron chi connectivity index (χ1n) is 5.56. The van der Waals surface area contributed by atoms with Crippen molar-refractivity contribution in [2.75, 3.05) is 22.6 Å². The van der Waals surface area contributed by atoms with Crippen LogP contribution in [-0.4, -0.2) is 23.3 Å². The maximum atomic E-state index is 6.05. The molecule has 88 valence electrons. The molecule has 0 bridgehead atoms. The first kappa shape index (κ1) is 12.5. The van der Waals surface area contributed by atoms with Crippen LogP contribution in [0.2, 0.25) is 5.02 Å². The second-order valence-electron chi connectivity index (χ2n) is 3.78. The van der Waals surface area contributed by atoms with E-state index in [1.807, 2.05) is 35.7 Å². The van der Waals surface area contributed by atoms with E-state index in [0.717, 1.165) is 10.8 Å². The van der Waals surface area contributed by atoms with Gasteiger partial charge in [0.2, 0.25) is 0 Å². The lowest BCUT2D eigenvalue weighted by atomic mass is 10.2. The molecule has 0 radical (unpaired) electrons. The molecule has 0 spiro atoms. The highest BCUT2D eigenvalue weighted by Crippen LogP contribution is 2.32. The molecule has 1 heterocycles. The second-order valence-corrected chi connectivity index (χ2v) is 6.67. The number of nitrogens with one attached hydrogen (secondary N) is 1. The van der Waals surface area contributed by atoms with Crippen LogP contribution < -0.4 is 5.32 Å². The molecule has 4 heteroatoms. The molecule has 0 aromatic heterocycles. The molecule has 1 aromatic carbocycles. The molecule has 1 fully saturated rings. The fourth-order valence-electron chi connectivity index (χ4n) is 1.76. The Hall–Kier alpha value is 0.01000. The third-order valence-corrected chi connectivity index (χ3v) is 4.88. The van der Waals surface area contributed by atoms with Gasteiger partial charge >= 0.3 is 0 Å². The van der Waals surface area contributed by atoms with Gasteiger partial charge < -0.3 is 5.32 Å². The van der Waals surface area contributed by atoms with Crippen molar-refractivity contribution in [2.45, 2.75) is 24.3 Å². The number of rotatable bonds is 4. The van der Waals surface area contributed by atoms with Gasteiger partial charge in [0.05, 0.1) is 0 Å². The summed E-state index contributed by atoms with van der Waals surface area (Å²) in [5, 5.41) is 4.42. The lowest BCUT2D eigenvalue weighted by Gasteiger charge is -2.16. The summed E-state index contributed by atoms with van der Waals surface area (Å²) in [6, 6.07) is 6.73. The van der Waals surface area contributed by atoms with Crippen LogP contribution in [0.1, 0.15) is 13.3 Å². The molecule has 16 heavy (non-hydrogen) atoms. The SMILES string of the molecule is CCSc1ccc(Cl)cc1NC1CCSC1. The maximum Gasteiger partial charge on any atom is 0.0495 e. The predicted octanol–water partition coefficient (Wildman–Crippen LogP) is 4.37. The summed E-state index contributed by atoms with van der Waals surface area (Å²) >= 11 is 9.94. The summed E-state index contributed by atoms with van der Waals surface area (Å²) in [5.41, 5.74) is 1.20. The molecule has 1 unspecified atom stereocenters. The van der Waals surface area contributed by atoms with Crippen molar-refractivity contribution in [3.63, 3.8) is 0 Å². The Kier molecular flexibility index (Phi) is 4.74. The fraction of sp³-hybridized carbons (Fsp3) is 0.500. The monoisotopic (exact) mass is 273 g/mol. The van der Waals surface area contributed by atoms with Crippen molar-refractivity contribution in [1.82, 2.24) is 0 Å². The van der Waals surface area contributed by atoms with Gasteiger partial charge in [-0.3, -0.25) is 0 Å². The molecule has 1 aliphatic rings. The van der Waals surface area contributed by atoms with Crippen molar-refractivity contribution in [2.24, 2.45) is 0 Å². The lowest BCUT2D eigenvalue weighted by Crippen LogP contribution is -2.18. The molecule has 1 N–H and O–H groups in total. The first-order valence-corrected chi connectivity index (χ1v) is 8.08. The van der Waals surface area contributed by atoms with Crippen molar-refractivity contribution in [1.29, 1.82) is 0 Å². The van der Waals surface area contributed by atoms with Crippen molar-refractivity contribution in [3.05, 3.63) is 23.2 Å². The van der Waals surface area contributed by atoms with Gasteiger partial charge in [0.25, 0.3) is 0 Å². The van der Waals surface area contributed by atoms with Crippen molar-refractivity contribution in [3.8, 4) is 0 Å². The Bertz CT molecular complexity index is 351. The van der Waals surface area contributed by atoms with Crippen LogP contribution in [0, 0.1) is 0 Å². The highest BCUT2D eigenvalue weighted by atomic mass is 35.5. The van der Waals surface area contributed by atoms with E-state index in [2.05, 4.69) is 18.3 Å². The number of benzene rings is 1. The zero-order chi connectivity index (χ0) is 11.4. The Morgan fingerprint density at radius 1 is 1.56 bits per heavy atom. The van der Waals surface area contributed by atoms with Gasteiger partial charge in [0.15, 0.2) is 0 Å². The van der Waals surface area contributed by atoms with Gasteiger partial charge in [-0.05, 0) is 36.1 Å². The van der Waals surface area contributed by atoms with Gasteiger partial charge in [-0.1, -0.05) is 18.5 Å². The summed E-state index contributed by atoms with van der Waals surface area (Å²) in [4.78, 5) is 1.31. The van der Waals surface area contributed by atoms with Crippen molar-refractivity contribution < 1.29 is 0 Å². The largest absolute Gasteiger partial charge is 0.381 e. The molecule has 0 aliphatic carbocycles. The molecule has 0 saturated carbocycles. The van der Waals surface area contributed by atoms with Gasteiger partial charge in [-0.2, -0.15) is 11.8 Å². The average Bonchev–Trinajstić information content (AvgIpc) is 2.75. The Morgan fingerprint density at radius 2 is 2.44 bits per heavy atom. The van der Waals surface area contributed by atoms with E-state index in [1.54, 1.807) is 0 Å². The lowest BCUT2D eigenvalue weighted by molar-refractivity contribution is 0.810. The number of anilines is 1. The minimum absolute atomic E-state index is 0.611. The van der Waals surface area contributed by atoms with E-state index in [0.29, 0.717) is 6.04 Å². The first-order chi connectivity index (χ1) is 7.79. The fourth-order valence-corrected chi connectivity index (χ4v) is 3.84. The zero-order valence-electron chi connectivity index (χ0n) is 9.33. The minimum atomic E-state index is 0.611. The highest BCUT2D eigenvalue weighted by molar-refractivity contribution is 7.99. The van der Waals surface area contributed by atoms with E-state index in [9.17, 15) is 0 Å². The molecule has 2 rings (SSSR count). The number of thioether (sulfide) groups is 2. The topological polar surface area (TPSA) is 12.0 Å². The smallest absolute Gasteiger partial charge is 0.0495 e. The van der Waals surface area contributed by atoms with E-state index in [4.69, 9.17) is 11.6 Å². The number of hydrogen-bond donors (Lipinski definition) is 1. The quantitative estimate of drug-likeness (QED) is 0.818. The van der Waals surface area contributed by atoms with E-state index in [-0.39, 0.29) is 0 Å². The van der Waals surface area contributed by atoms with Gasteiger partial charge in [0, 0.05) is 27.4 Å². The van der Waals surface area contributed by atoms with Crippen LogP contribution >= 0.6 is 35.1 Å². The van der Waals surface area contributed by atoms with E-state index in [1.165, 1.54) is 28.5 Å². The van der Waals surface area contributed by atoms with Crippen LogP contribution in [-0.2, 0) is 0 Å². The highest BCUT2D eigenvalue weighted by Gasteiger charge is 2.16. The third-order valence-electron chi connectivity index (χ3n) is 2.53. The predicted molar refractivity (Wildman–Crippen MR) is 77.2 cm³/mol. The summed E-state index contributed by atoms with van der Waals surface area (Å²) in [7, 11) is 0. The molecule has 1 atom stereocenters. The summed E-state index contributed by atoms with van der Waals surface area (Å²) in [5.74, 6) is 3.58. The maximum absolute atomic E-state index is 6.05. The van der Waals surface area contributed by atoms with Crippen LogP contribution in [0.25, 0.3) is 0 Å². The van der Waals surface area contributed by atoms with E-state index < -0.39 is 0 Å². The second kappa shape index (κ2) is 6.08. The van der Waals surface area contributed by atoms with Gasteiger partial charge in [-0.25, -0.2) is 0 Å². The normalized spacial score (nSPS) is 20.0. The summed E-state index contributed by atoms with van der Waals surface area (Å²) < 4.78 is 0. The Labute approximate surface area is 111 Å². The van der Waals surface area contributed by atoms with Crippen LogP contribution in [0.15, 0.2) is 23.1 Å². The molecule has 1 nitrogen and oxygen atoms in total. The van der Waals surface area contributed by atoms with Crippen LogP contribution in [0.4, 0.5) is 5.69 Å². The molecular formula is C12H16ClNS2. The Morgan fingerprint density at radius 3 is 3.12 bits per heavy atom. The molecule has 1 aromatic rings. The Balaban J connectivity index is 2.12. The van der Waals surface area contributed by atoms with Crippen LogP contribution in [0.5, 0.6) is 0 Å². The van der Waals surface area contributed by atoms with Crippen molar-refractivity contribution >= 4 is 40.8 Å². The van der Waals surface area contributed by atoms with E-state index >= 15 is 0 Å². The molecule has 1 aliphatic heterocycles. The summed E-state index contributed by atoms with van der Waals surface area (Å²) in [6.07, 6.45) is 1.26. The molecular weight excluding hydrogens is 258 g/mol. The van der Waals surface area contributed by atoms with Gasteiger partial charge in [-0.15, -0.1) is 11.8 Å².